The third kappa shape index (κ3) is 5.12. The third-order valence-corrected chi connectivity index (χ3v) is 9.18. The Kier molecular flexibility index (Phi) is 7.41. The molecular formula is C34H34ClN5OS. The molecule has 0 aliphatic carbocycles. The van der Waals surface area contributed by atoms with Gasteiger partial charge in [-0.15, -0.1) is 0 Å². The fourth-order valence-corrected chi connectivity index (χ4v) is 6.77. The van der Waals surface area contributed by atoms with Gasteiger partial charge in [-0.3, -0.25) is 9.78 Å². The first-order chi connectivity index (χ1) is 20.1. The van der Waals surface area contributed by atoms with Crippen molar-refractivity contribution < 1.29 is 4.79 Å². The number of hydrogen-bond donors (Lipinski definition) is 2. The second kappa shape index (κ2) is 11.0. The van der Waals surface area contributed by atoms with Crippen LogP contribution in [0.3, 0.4) is 0 Å². The van der Waals surface area contributed by atoms with Gasteiger partial charge in [-0.05, 0) is 79.8 Å². The molecule has 2 aliphatic rings. The van der Waals surface area contributed by atoms with Crippen molar-refractivity contribution in [3.63, 3.8) is 0 Å². The lowest BCUT2D eigenvalue weighted by molar-refractivity contribution is -0.116. The van der Waals surface area contributed by atoms with E-state index in [2.05, 4.69) is 71.4 Å². The van der Waals surface area contributed by atoms with E-state index in [0.717, 1.165) is 39.0 Å². The average molecular weight is 596 g/mol. The number of nitrogens with one attached hydrogen (secondary N) is 2. The van der Waals surface area contributed by atoms with Crippen LogP contribution in [0.2, 0.25) is 5.02 Å². The molecule has 2 atom stereocenters. The Morgan fingerprint density at radius 3 is 2.64 bits per heavy atom. The number of thiocarbonyl (C=S) groups is 1. The van der Waals surface area contributed by atoms with Crippen LogP contribution in [0.5, 0.6) is 0 Å². The molecule has 2 aliphatic heterocycles. The van der Waals surface area contributed by atoms with Crippen molar-refractivity contribution in [2.45, 2.75) is 44.8 Å². The molecule has 0 bridgehead atoms. The second-order valence-electron chi connectivity index (χ2n) is 11.6. The van der Waals surface area contributed by atoms with Gasteiger partial charge < -0.3 is 20.4 Å². The van der Waals surface area contributed by atoms with E-state index in [0.29, 0.717) is 16.7 Å². The molecule has 6 nitrogen and oxygen atoms in total. The molecule has 1 amide bonds. The minimum Gasteiger partial charge on any atom is -0.365 e. The number of likely N-dealkylation sites (N-methyl/N-ethyl adjacent to an activating group) is 1. The predicted octanol–water partition coefficient (Wildman–Crippen LogP) is 7.52. The quantitative estimate of drug-likeness (QED) is 0.225. The van der Waals surface area contributed by atoms with Gasteiger partial charge in [-0.25, -0.2) is 0 Å². The molecule has 2 N–H and O–H groups in total. The van der Waals surface area contributed by atoms with Gasteiger partial charge in [0.2, 0.25) is 5.91 Å². The smallest absolute Gasteiger partial charge is 0.226 e. The van der Waals surface area contributed by atoms with Gasteiger partial charge in [0.1, 0.15) is 0 Å². The molecule has 0 unspecified atom stereocenters. The van der Waals surface area contributed by atoms with E-state index in [9.17, 15) is 4.79 Å². The second-order valence-corrected chi connectivity index (χ2v) is 12.4. The van der Waals surface area contributed by atoms with Gasteiger partial charge >= 0.3 is 0 Å². The Hall–Kier alpha value is -3.94. The van der Waals surface area contributed by atoms with E-state index in [1.54, 1.807) is 6.20 Å². The summed E-state index contributed by atoms with van der Waals surface area (Å²) >= 11 is 13.0. The molecule has 0 saturated carbocycles. The molecule has 42 heavy (non-hydrogen) atoms. The number of aromatic nitrogens is 1. The van der Waals surface area contributed by atoms with Crippen molar-refractivity contribution in [1.82, 2.24) is 15.2 Å². The van der Waals surface area contributed by atoms with Crippen molar-refractivity contribution in [2.75, 3.05) is 23.8 Å². The number of anilines is 2. The number of carbonyl (C=O) groups is 1. The maximum atomic E-state index is 13.3. The van der Waals surface area contributed by atoms with Crippen LogP contribution in [0, 0.1) is 0 Å². The highest BCUT2D eigenvalue weighted by Gasteiger charge is 2.41. The first kappa shape index (κ1) is 28.2. The Morgan fingerprint density at radius 1 is 1.10 bits per heavy atom. The summed E-state index contributed by atoms with van der Waals surface area (Å²) in [6, 6.07) is 23.6. The zero-order valence-corrected chi connectivity index (χ0v) is 25.8. The lowest BCUT2D eigenvalue weighted by Gasteiger charge is -2.41. The highest BCUT2D eigenvalue weighted by atomic mass is 35.5. The van der Waals surface area contributed by atoms with E-state index in [4.69, 9.17) is 23.8 Å². The summed E-state index contributed by atoms with van der Waals surface area (Å²) in [6.45, 7) is 6.96. The van der Waals surface area contributed by atoms with Crippen LogP contribution in [-0.2, 0) is 4.79 Å². The zero-order chi connectivity index (χ0) is 29.6. The topological polar surface area (TPSA) is 60.5 Å². The first-order valence-electron chi connectivity index (χ1n) is 14.2. The molecule has 8 heteroatoms. The number of nitrogens with zero attached hydrogens (tertiary/aromatic N) is 3. The van der Waals surface area contributed by atoms with Crippen LogP contribution < -0.4 is 15.5 Å². The number of carbonyl (C=O) groups excluding carboxylic acids is 1. The minimum atomic E-state index is -0.247. The van der Waals surface area contributed by atoms with Gasteiger partial charge in [0.25, 0.3) is 0 Å². The zero-order valence-electron chi connectivity index (χ0n) is 24.2. The number of rotatable bonds is 6. The summed E-state index contributed by atoms with van der Waals surface area (Å²) in [5.41, 5.74) is 5.93. The largest absolute Gasteiger partial charge is 0.365 e. The van der Waals surface area contributed by atoms with Gasteiger partial charge in [0.05, 0.1) is 23.3 Å². The summed E-state index contributed by atoms with van der Waals surface area (Å²) in [7, 11) is 2.10. The maximum Gasteiger partial charge on any atom is 0.226 e. The van der Waals surface area contributed by atoms with E-state index >= 15 is 0 Å². The molecule has 214 valence electrons. The number of halogens is 1. The Morgan fingerprint density at radius 2 is 1.86 bits per heavy atom. The molecule has 1 aromatic heterocycles. The highest BCUT2D eigenvalue weighted by molar-refractivity contribution is 7.80. The summed E-state index contributed by atoms with van der Waals surface area (Å²) < 4.78 is 0. The van der Waals surface area contributed by atoms with E-state index < -0.39 is 0 Å². The Labute approximate surface area is 257 Å². The summed E-state index contributed by atoms with van der Waals surface area (Å²) in [5.74, 6) is -0.0756. The van der Waals surface area contributed by atoms with Crippen molar-refractivity contribution in [3.8, 4) is 0 Å². The van der Waals surface area contributed by atoms with Crippen LogP contribution >= 0.6 is 23.8 Å². The molecule has 4 aromatic rings. The van der Waals surface area contributed by atoms with Crippen molar-refractivity contribution in [3.05, 3.63) is 107 Å². The summed E-state index contributed by atoms with van der Waals surface area (Å²) in [5, 5.41) is 9.93. The standard InChI is InChI=1S/C34H34ClN5OS/c1-21-20-34(2,3)39(4)29-19-26(35)25(18-24(21)29)32-31(28-13-7-8-16-36-28)38-33(42)40(32)17-15-30(41)37-27-14-9-11-22-10-5-6-12-23(22)27/h5-14,16,18-20,31-32H,15,17H2,1-4H3,(H,37,41)(H,38,42)/t31-,32+/m0/s1. The van der Waals surface area contributed by atoms with Gasteiger partial charge in [0.15, 0.2) is 5.11 Å². The van der Waals surface area contributed by atoms with Crippen LogP contribution in [-0.4, -0.2) is 40.0 Å². The molecule has 3 heterocycles. The summed E-state index contributed by atoms with van der Waals surface area (Å²) in [4.78, 5) is 22.3. The number of allylic oxidation sites excluding steroid dienone is 1. The van der Waals surface area contributed by atoms with Crippen molar-refractivity contribution >= 4 is 62.6 Å². The van der Waals surface area contributed by atoms with E-state index in [-0.39, 0.29) is 30.0 Å². The lowest BCUT2D eigenvalue weighted by atomic mass is 9.86. The maximum absolute atomic E-state index is 13.3. The van der Waals surface area contributed by atoms with Gasteiger partial charge in [0, 0.05) is 53.6 Å². The fraction of sp³-hybridized carbons (Fsp3) is 0.265. The molecule has 1 fully saturated rings. The van der Waals surface area contributed by atoms with Crippen LogP contribution in [0.25, 0.3) is 16.3 Å². The SMILES string of the molecule is CC1=CC(C)(C)N(C)c2cc(Cl)c([C@@H]3[C@H](c4ccccn4)NC(=S)N3CCC(=O)Nc3cccc4ccccc34)cc21. The first-order valence-corrected chi connectivity index (χ1v) is 15.0. The number of benzene rings is 3. The van der Waals surface area contributed by atoms with E-state index in [1.165, 1.54) is 5.57 Å². The monoisotopic (exact) mass is 595 g/mol. The van der Waals surface area contributed by atoms with Crippen molar-refractivity contribution in [2.24, 2.45) is 0 Å². The van der Waals surface area contributed by atoms with Crippen LogP contribution in [0.15, 0.2) is 85.1 Å². The van der Waals surface area contributed by atoms with Crippen LogP contribution in [0.4, 0.5) is 11.4 Å². The molecule has 1 saturated heterocycles. The third-order valence-electron chi connectivity index (χ3n) is 8.50. The minimum absolute atomic E-state index is 0.0756. The number of fused-ring (bicyclic) bond motifs is 2. The Balaban J connectivity index is 1.33. The molecular weight excluding hydrogens is 562 g/mol. The Bertz CT molecular complexity index is 1710. The number of hydrogen-bond acceptors (Lipinski definition) is 4. The van der Waals surface area contributed by atoms with Crippen LogP contribution in [0.1, 0.15) is 56.1 Å². The molecule has 0 radical (unpaired) electrons. The van der Waals surface area contributed by atoms with Gasteiger partial charge in [-0.1, -0.05) is 60.1 Å². The highest BCUT2D eigenvalue weighted by Crippen LogP contribution is 2.46. The predicted molar refractivity (Wildman–Crippen MR) is 177 cm³/mol. The molecule has 3 aromatic carbocycles. The fourth-order valence-electron chi connectivity index (χ4n) is 6.17. The average Bonchev–Trinajstić information content (AvgIpc) is 3.30. The van der Waals surface area contributed by atoms with Crippen molar-refractivity contribution in [1.29, 1.82) is 0 Å². The lowest BCUT2D eigenvalue weighted by Crippen LogP contribution is -2.42. The normalized spacial score (nSPS) is 19.4. The molecule has 0 spiro atoms. The number of amides is 1. The van der Waals surface area contributed by atoms with Gasteiger partial charge in [-0.2, -0.15) is 0 Å². The molecule has 6 rings (SSSR count). The van der Waals surface area contributed by atoms with E-state index in [1.807, 2.05) is 60.7 Å². The summed E-state index contributed by atoms with van der Waals surface area (Å²) in [6.07, 6.45) is 4.33. The number of pyridine rings is 1.